The molecule has 0 aromatic heterocycles. The highest BCUT2D eigenvalue weighted by Gasteiger charge is 2.40. The fraction of sp³-hybridized carbons (Fsp3) is 0.625. The van der Waals surface area contributed by atoms with Gasteiger partial charge in [0.15, 0.2) is 14.2 Å². The molecule has 0 heterocycles. The first-order valence-electron chi connectivity index (χ1n) is 11.2. The van der Waals surface area contributed by atoms with E-state index in [1.165, 1.54) is 0 Å². The van der Waals surface area contributed by atoms with Gasteiger partial charge in [-0.15, -0.1) is 0 Å². The van der Waals surface area contributed by atoms with Gasteiger partial charge in [0, 0.05) is 22.9 Å². The van der Waals surface area contributed by atoms with Crippen LogP contribution >= 0.6 is 11.6 Å². The Morgan fingerprint density at radius 1 is 1.06 bits per heavy atom. The fourth-order valence-electron chi connectivity index (χ4n) is 3.29. The van der Waals surface area contributed by atoms with Crippen LogP contribution in [-0.2, 0) is 8.85 Å². The van der Waals surface area contributed by atoms with Gasteiger partial charge in [-0.2, -0.15) is 0 Å². The third-order valence-corrected chi connectivity index (χ3v) is 11.5. The van der Waals surface area contributed by atoms with E-state index in [-0.39, 0.29) is 11.1 Å². The second-order valence-corrected chi connectivity index (χ2v) is 20.6. The van der Waals surface area contributed by atoms with Gasteiger partial charge in [-0.1, -0.05) is 32.4 Å². The first kappa shape index (κ1) is 26.2. The van der Waals surface area contributed by atoms with E-state index in [1.54, 1.807) is 6.21 Å². The molecule has 0 atom stereocenters. The second kappa shape index (κ2) is 10.2. The molecule has 1 saturated carbocycles. The van der Waals surface area contributed by atoms with Crippen LogP contribution in [0.4, 0.5) is 0 Å². The van der Waals surface area contributed by atoms with Crippen LogP contribution in [0.15, 0.2) is 35.7 Å². The maximum atomic E-state index is 6.61. The first-order valence-corrected chi connectivity index (χ1v) is 17.9. The van der Waals surface area contributed by atoms with Crippen molar-refractivity contribution in [3.05, 3.63) is 41.2 Å². The van der Waals surface area contributed by atoms with E-state index in [1.807, 2.05) is 18.2 Å². The van der Waals surface area contributed by atoms with E-state index >= 15 is 0 Å². The molecule has 0 unspecified atom stereocenters. The molecule has 1 aromatic carbocycles. The predicted octanol–water partition coefficient (Wildman–Crippen LogP) is 7.79. The Kier molecular flexibility index (Phi) is 8.64. The quantitative estimate of drug-likeness (QED) is 0.216. The lowest BCUT2D eigenvalue weighted by Gasteiger charge is -2.41. The van der Waals surface area contributed by atoms with Crippen molar-refractivity contribution in [1.82, 2.24) is 0 Å². The summed E-state index contributed by atoms with van der Waals surface area (Å²) in [5.41, 5.74) is 0.840. The fourth-order valence-corrected chi connectivity index (χ4v) is 5.65. The van der Waals surface area contributed by atoms with Crippen LogP contribution < -0.4 is 4.74 Å². The molecule has 7 heteroatoms. The van der Waals surface area contributed by atoms with Crippen molar-refractivity contribution < 1.29 is 13.6 Å². The minimum absolute atomic E-state index is 0.175. The van der Waals surface area contributed by atoms with E-state index in [0.717, 1.165) is 37.0 Å². The van der Waals surface area contributed by atoms with Crippen LogP contribution in [-0.4, -0.2) is 35.1 Å². The third kappa shape index (κ3) is 8.41. The number of halogens is 1. The summed E-state index contributed by atoms with van der Waals surface area (Å²) >= 11 is 6.22. The summed E-state index contributed by atoms with van der Waals surface area (Å²) < 4.78 is 18.8. The molecular weight excluding hydrogens is 442 g/mol. The number of hydrogen-bond acceptors (Lipinski definition) is 4. The first-order chi connectivity index (χ1) is 14.2. The standard InChI is InChI=1S/C24H40ClNO3Si2/c1-18(28-30(5,6)7)26-17-19-16-20(25)10-15-23(19)27-21-11-13-22(14-12-21)29-31(8,9)24(2,3)4/h10,15-17,21-22H,1,11-14H2,2-9H3/b26-17+. The van der Waals surface area contributed by atoms with Crippen LogP contribution in [0.3, 0.4) is 0 Å². The summed E-state index contributed by atoms with van der Waals surface area (Å²) in [6.45, 7) is 21.8. The molecule has 0 N–H and O–H groups in total. The molecule has 1 fully saturated rings. The smallest absolute Gasteiger partial charge is 0.244 e. The maximum Gasteiger partial charge on any atom is 0.244 e. The molecule has 0 spiro atoms. The molecule has 1 aromatic rings. The summed E-state index contributed by atoms with van der Waals surface area (Å²) in [5.74, 6) is 1.22. The summed E-state index contributed by atoms with van der Waals surface area (Å²) in [5, 5.41) is 0.887. The van der Waals surface area contributed by atoms with Gasteiger partial charge in [0.25, 0.3) is 0 Å². The molecule has 0 saturated heterocycles. The van der Waals surface area contributed by atoms with Crippen molar-refractivity contribution in [3.63, 3.8) is 0 Å². The molecule has 1 aliphatic carbocycles. The van der Waals surface area contributed by atoms with Crippen molar-refractivity contribution in [2.24, 2.45) is 4.99 Å². The Hall–Kier alpha value is -1.09. The highest BCUT2D eigenvalue weighted by atomic mass is 35.5. The lowest BCUT2D eigenvalue weighted by molar-refractivity contribution is 0.0725. The van der Waals surface area contributed by atoms with Gasteiger partial charge >= 0.3 is 0 Å². The molecule has 31 heavy (non-hydrogen) atoms. The van der Waals surface area contributed by atoms with Crippen molar-refractivity contribution in [3.8, 4) is 5.75 Å². The van der Waals surface area contributed by atoms with Crippen LogP contribution in [0.1, 0.15) is 52.0 Å². The molecule has 1 aliphatic rings. The molecule has 4 nitrogen and oxygen atoms in total. The Labute approximate surface area is 196 Å². The van der Waals surface area contributed by atoms with Crippen LogP contribution in [0.25, 0.3) is 0 Å². The van der Waals surface area contributed by atoms with E-state index in [4.69, 9.17) is 25.2 Å². The largest absolute Gasteiger partial charge is 0.532 e. The zero-order chi connectivity index (χ0) is 23.4. The molecule has 0 bridgehead atoms. The zero-order valence-corrected chi connectivity index (χ0v) is 23.3. The molecule has 2 rings (SSSR count). The normalized spacial score (nSPS) is 20.7. The Bertz CT molecular complexity index is 789. The number of benzene rings is 1. The second-order valence-electron chi connectivity index (χ2n) is 10.9. The van der Waals surface area contributed by atoms with E-state index in [2.05, 4.69) is 65.1 Å². The van der Waals surface area contributed by atoms with Crippen molar-refractivity contribution in [2.45, 2.75) is 96.4 Å². The summed E-state index contributed by atoms with van der Waals surface area (Å²) in [6.07, 6.45) is 6.30. The lowest BCUT2D eigenvalue weighted by atomic mass is 9.95. The van der Waals surface area contributed by atoms with Crippen molar-refractivity contribution in [1.29, 1.82) is 0 Å². The monoisotopic (exact) mass is 481 g/mol. The number of nitrogens with zero attached hydrogens (tertiary/aromatic N) is 1. The number of hydrogen-bond donors (Lipinski definition) is 0. The number of aliphatic imine (C=N–C) groups is 1. The number of ether oxygens (including phenoxy) is 1. The Balaban J connectivity index is 1.99. The van der Waals surface area contributed by atoms with Crippen molar-refractivity contribution in [2.75, 3.05) is 0 Å². The van der Waals surface area contributed by atoms with E-state index in [0.29, 0.717) is 17.0 Å². The molecule has 0 radical (unpaired) electrons. The number of rotatable bonds is 8. The van der Waals surface area contributed by atoms with Crippen LogP contribution in [0, 0.1) is 0 Å². The average molecular weight is 482 g/mol. The van der Waals surface area contributed by atoms with Crippen LogP contribution in [0.5, 0.6) is 5.75 Å². The van der Waals surface area contributed by atoms with Gasteiger partial charge in [-0.25, -0.2) is 4.99 Å². The highest BCUT2D eigenvalue weighted by Crippen LogP contribution is 2.39. The Morgan fingerprint density at radius 2 is 1.65 bits per heavy atom. The van der Waals surface area contributed by atoms with Crippen molar-refractivity contribution >= 4 is 34.5 Å². The maximum absolute atomic E-state index is 6.61. The summed E-state index contributed by atoms with van der Waals surface area (Å²) in [7, 11) is -3.47. The Morgan fingerprint density at radius 3 is 2.19 bits per heavy atom. The minimum Gasteiger partial charge on any atom is -0.532 e. The summed E-state index contributed by atoms with van der Waals surface area (Å²) in [4.78, 5) is 4.39. The SMILES string of the molecule is C=C(/N=C/c1cc(Cl)ccc1OC1CCC(O[Si](C)(C)C(C)(C)C)CC1)O[Si](C)(C)C. The lowest BCUT2D eigenvalue weighted by Crippen LogP contribution is -2.45. The van der Waals surface area contributed by atoms with Gasteiger partial charge in [-0.05, 0) is 88.2 Å². The van der Waals surface area contributed by atoms with Gasteiger partial charge in [-0.3, -0.25) is 0 Å². The van der Waals surface area contributed by atoms with Crippen LogP contribution in [0.2, 0.25) is 42.8 Å². The average Bonchev–Trinajstić information content (AvgIpc) is 2.61. The third-order valence-electron chi connectivity index (χ3n) is 5.93. The molecule has 0 aliphatic heterocycles. The van der Waals surface area contributed by atoms with E-state index in [9.17, 15) is 0 Å². The van der Waals surface area contributed by atoms with Gasteiger partial charge in [0.05, 0.1) is 6.10 Å². The molecule has 174 valence electrons. The molecular formula is C24H40ClNO3Si2. The van der Waals surface area contributed by atoms with E-state index < -0.39 is 16.6 Å². The summed E-state index contributed by atoms with van der Waals surface area (Å²) in [6, 6.07) is 5.65. The minimum atomic E-state index is -1.73. The van der Waals surface area contributed by atoms with Gasteiger partial charge < -0.3 is 13.6 Å². The predicted molar refractivity (Wildman–Crippen MR) is 138 cm³/mol. The van der Waals surface area contributed by atoms with Gasteiger partial charge in [0.2, 0.25) is 8.32 Å². The highest BCUT2D eigenvalue weighted by molar-refractivity contribution is 6.74. The topological polar surface area (TPSA) is 40.0 Å². The van der Waals surface area contributed by atoms with Gasteiger partial charge in [0.1, 0.15) is 5.75 Å². The molecule has 0 amide bonds. The zero-order valence-electron chi connectivity index (χ0n) is 20.5.